The Kier molecular flexibility index (Phi) is 18.9. The van der Waals surface area contributed by atoms with Crippen LogP contribution in [-0.4, -0.2) is 13.9 Å². The number of unbranched alkanes of at least 4 members (excludes halogenated alkanes) is 18. The van der Waals surface area contributed by atoms with Crippen LogP contribution in [-0.2, 0) is 23.0 Å². The van der Waals surface area contributed by atoms with Gasteiger partial charge in [0.1, 0.15) is 5.75 Å². The number of benzene rings is 1. The van der Waals surface area contributed by atoms with Crippen LogP contribution >= 0.6 is 0 Å². The monoisotopic (exact) mass is 562 g/mol. The Morgan fingerprint density at radius 2 is 1.00 bits per heavy atom. The number of alkyl halides is 3. The van der Waals surface area contributed by atoms with Crippen LogP contribution in [0.1, 0.15) is 153 Å². The van der Waals surface area contributed by atoms with Gasteiger partial charge in [-0.3, -0.25) is 0 Å². The maximum Gasteiger partial charge on any atom is 0.534 e. The largest absolute Gasteiger partial charge is 0.534 e. The molecule has 0 fully saturated rings. The third-order valence-corrected chi connectivity index (χ3v) is 8.26. The fraction of sp³-hybridized carbons (Fsp3) is 0.806. The number of aryl methyl sites for hydroxylation is 1. The van der Waals surface area contributed by atoms with Crippen LogP contribution in [0.4, 0.5) is 13.2 Å². The number of halogens is 3. The second kappa shape index (κ2) is 20.6. The lowest BCUT2D eigenvalue weighted by molar-refractivity contribution is -0.0500. The highest BCUT2D eigenvalue weighted by molar-refractivity contribution is 7.88. The van der Waals surface area contributed by atoms with Gasteiger partial charge in [0.15, 0.2) is 0 Å². The molecule has 1 aromatic carbocycles. The van der Waals surface area contributed by atoms with Crippen LogP contribution in [0, 0.1) is 0 Å². The first-order chi connectivity index (χ1) is 18.2. The van der Waals surface area contributed by atoms with Gasteiger partial charge in [0, 0.05) is 0 Å². The van der Waals surface area contributed by atoms with Gasteiger partial charge >= 0.3 is 15.6 Å². The molecule has 0 saturated carbocycles. The molecule has 0 atom stereocenters. The van der Waals surface area contributed by atoms with E-state index in [-0.39, 0.29) is 5.75 Å². The number of hydrogen-bond donors (Lipinski definition) is 0. The molecular formula is C31H53F3O3S. The Morgan fingerprint density at radius 3 is 1.42 bits per heavy atom. The summed E-state index contributed by atoms with van der Waals surface area (Å²) in [6.45, 7) is 4.43. The topological polar surface area (TPSA) is 43.4 Å². The molecule has 3 nitrogen and oxygen atoms in total. The molecule has 1 rings (SSSR count). The summed E-state index contributed by atoms with van der Waals surface area (Å²) in [6, 6.07) is 4.87. The van der Waals surface area contributed by atoms with Crippen LogP contribution in [0.3, 0.4) is 0 Å². The molecule has 0 aliphatic heterocycles. The maximum atomic E-state index is 13.0. The average Bonchev–Trinajstić information content (AvgIpc) is 2.86. The minimum absolute atomic E-state index is 0.164. The fourth-order valence-electron chi connectivity index (χ4n) is 4.96. The second-order valence-electron chi connectivity index (χ2n) is 10.7. The molecule has 0 amide bonds. The highest BCUT2D eigenvalue weighted by Crippen LogP contribution is 2.32. The molecule has 7 heteroatoms. The first-order valence-corrected chi connectivity index (χ1v) is 16.7. The van der Waals surface area contributed by atoms with Crippen molar-refractivity contribution in [2.75, 3.05) is 0 Å². The summed E-state index contributed by atoms with van der Waals surface area (Å²) in [5.74, 6) is -0.164. The molecule has 0 aliphatic carbocycles. The van der Waals surface area contributed by atoms with Crippen molar-refractivity contribution in [3.05, 3.63) is 29.3 Å². The third-order valence-electron chi connectivity index (χ3n) is 7.29. The van der Waals surface area contributed by atoms with Crippen molar-refractivity contribution < 1.29 is 25.8 Å². The van der Waals surface area contributed by atoms with Crippen molar-refractivity contribution in [3.8, 4) is 5.75 Å². The standard InChI is InChI=1S/C31H53F3O3S/c1-3-5-7-9-11-13-15-17-19-21-24-28-25-23-27-30(37-38(35,36)31(32,33)34)29(28)26-22-20-18-16-14-12-10-8-6-4-2/h23,25,27H,3-22,24,26H2,1-2H3. The minimum Gasteiger partial charge on any atom is -0.376 e. The highest BCUT2D eigenvalue weighted by Gasteiger charge is 2.48. The summed E-state index contributed by atoms with van der Waals surface area (Å²) >= 11 is 0. The van der Waals surface area contributed by atoms with Gasteiger partial charge in [-0.15, -0.1) is 0 Å². The van der Waals surface area contributed by atoms with Gasteiger partial charge < -0.3 is 4.18 Å². The van der Waals surface area contributed by atoms with E-state index in [1.54, 1.807) is 6.07 Å². The molecule has 38 heavy (non-hydrogen) atoms. The van der Waals surface area contributed by atoms with E-state index < -0.39 is 15.6 Å². The third kappa shape index (κ3) is 15.4. The van der Waals surface area contributed by atoms with Crippen LogP contribution in [0.5, 0.6) is 5.75 Å². The Bertz CT molecular complexity index is 822. The van der Waals surface area contributed by atoms with Crippen LogP contribution < -0.4 is 4.18 Å². The van der Waals surface area contributed by atoms with E-state index in [0.717, 1.165) is 56.9 Å². The predicted molar refractivity (Wildman–Crippen MR) is 153 cm³/mol. The van der Waals surface area contributed by atoms with Gasteiger partial charge in [0.05, 0.1) is 0 Å². The quantitative estimate of drug-likeness (QED) is 0.0715. The van der Waals surface area contributed by atoms with Gasteiger partial charge in [0.2, 0.25) is 0 Å². The molecule has 0 aromatic heterocycles. The van der Waals surface area contributed by atoms with Crippen LogP contribution in [0.15, 0.2) is 18.2 Å². The summed E-state index contributed by atoms with van der Waals surface area (Å²) in [5.41, 5.74) is -3.90. The molecular weight excluding hydrogens is 509 g/mol. The Labute approximate surface area is 231 Å². The Hall–Kier alpha value is -1.24. The molecule has 0 N–H and O–H groups in total. The number of hydrogen-bond acceptors (Lipinski definition) is 3. The molecule has 0 bridgehead atoms. The molecule has 1 aromatic rings. The van der Waals surface area contributed by atoms with Gasteiger partial charge in [-0.25, -0.2) is 0 Å². The highest BCUT2D eigenvalue weighted by atomic mass is 32.2. The zero-order valence-electron chi connectivity index (χ0n) is 24.1. The SMILES string of the molecule is CCCCCCCCCCCCc1cccc(OS(=O)(=O)C(F)(F)F)c1CCCCCCCCCCCC. The molecule has 0 saturated heterocycles. The van der Waals surface area contributed by atoms with Crippen LogP contribution in [0.2, 0.25) is 0 Å². The maximum absolute atomic E-state index is 13.0. The summed E-state index contributed by atoms with van der Waals surface area (Å²) in [6.07, 6.45) is 25.0. The van der Waals surface area contributed by atoms with Crippen molar-refractivity contribution in [3.63, 3.8) is 0 Å². The van der Waals surface area contributed by atoms with E-state index in [9.17, 15) is 21.6 Å². The fourth-order valence-corrected chi connectivity index (χ4v) is 5.45. The average molecular weight is 563 g/mol. The lowest BCUT2D eigenvalue weighted by Crippen LogP contribution is -2.28. The number of rotatable bonds is 24. The first-order valence-electron chi connectivity index (χ1n) is 15.3. The van der Waals surface area contributed by atoms with E-state index in [1.807, 2.05) is 6.07 Å². The van der Waals surface area contributed by atoms with Crippen molar-refractivity contribution in [2.24, 2.45) is 0 Å². The van der Waals surface area contributed by atoms with E-state index in [1.165, 1.54) is 89.5 Å². The lowest BCUT2D eigenvalue weighted by atomic mass is 9.95. The second-order valence-corrected chi connectivity index (χ2v) is 12.3. The zero-order valence-corrected chi connectivity index (χ0v) is 24.9. The van der Waals surface area contributed by atoms with Crippen molar-refractivity contribution in [1.82, 2.24) is 0 Å². The van der Waals surface area contributed by atoms with Gasteiger partial charge in [-0.05, 0) is 42.9 Å². The van der Waals surface area contributed by atoms with Crippen molar-refractivity contribution in [1.29, 1.82) is 0 Å². The van der Waals surface area contributed by atoms with Gasteiger partial charge in [-0.2, -0.15) is 21.6 Å². The smallest absolute Gasteiger partial charge is 0.376 e. The Balaban J connectivity index is 2.59. The van der Waals surface area contributed by atoms with E-state index in [2.05, 4.69) is 18.0 Å². The van der Waals surface area contributed by atoms with E-state index >= 15 is 0 Å². The minimum atomic E-state index is -5.69. The summed E-state index contributed by atoms with van der Waals surface area (Å²) < 4.78 is 67.1. The Morgan fingerprint density at radius 1 is 0.605 bits per heavy atom. The van der Waals surface area contributed by atoms with Crippen molar-refractivity contribution >= 4 is 10.1 Å². The molecule has 0 heterocycles. The summed E-state index contributed by atoms with van der Waals surface area (Å²) in [4.78, 5) is 0. The molecule has 0 radical (unpaired) electrons. The molecule has 0 aliphatic rings. The first kappa shape index (κ1) is 34.8. The van der Waals surface area contributed by atoms with E-state index in [4.69, 9.17) is 0 Å². The lowest BCUT2D eigenvalue weighted by Gasteiger charge is -2.16. The summed E-state index contributed by atoms with van der Waals surface area (Å²) in [7, 11) is -5.69. The van der Waals surface area contributed by atoms with Crippen molar-refractivity contribution in [2.45, 2.75) is 161 Å². The normalized spacial score (nSPS) is 12.2. The van der Waals surface area contributed by atoms with Gasteiger partial charge in [0.25, 0.3) is 0 Å². The molecule has 0 spiro atoms. The van der Waals surface area contributed by atoms with E-state index in [0.29, 0.717) is 12.0 Å². The summed E-state index contributed by atoms with van der Waals surface area (Å²) in [5, 5.41) is 0. The molecule has 0 unspecified atom stereocenters. The van der Waals surface area contributed by atoms with Gasteiger partial charge in [-0.1, -0.05) is 142 Å². The predicted octanol–water partition coefficient (Wildman–Crippen LogP) is 10.8. The zero-order chi connectivity index (χ0) is 28.1. The van der Waals surface area contributed by atoms with Crippen LogP contribution in [0.25, 0.3) is 0 Å². The molecule has 222 valence electrons.